The Hall–Kier alpha value is -2.41. The molecule has 0 unspecified atom stereocenters. The molecule has 0 radical (unpaired) electrons. The van der Waals surface area contributed by atoms with E-state index in [0.29, 0.717) is 16.8 Å². The number of anilines is 1. The van der Waals surface area contributed by atoms with Gasteiger partial charge in [-0.1, -0.05) is 18.2 Å². The summed E-state index contributed by atoms with van der Waals surface area (Å²) >= 11 is 0. The number of carbonyl (C=O) groups excluding carboxylic acids is 1. The van der Waals surface area contributed by atoms with Crippen molar-refractivity contribution in [1.82, 2.24) is 0 Å². The van der Waals surface area contributed by atoms with Gasteiger partial charge in [0.1, 0.15) is 5.82 Å². The number of carbonyl (C=O) groups is 1. The minimum atomic E-state index is -3.78. The van der Waals surface area contributed by atoms with E-state index in [4.69, 9.17) is 4.74 Å². The van der Waals surface area contributed by atoms with Gasteiger partial charge in [-0.05, 0) is 43.7 Å². The van der Waals surface area contributed by atoms with Crippen LogP contribution in [0, 0.1) is 12.7 Å². The molecule has 0 fully saturated rings. The summed E-state index contributed by atoms with van der Waals surface area (Å²) in [6, 6.07) is 10.2. The van der Waals surface area contributed by atoms with Gasteiger partial charge < -0.3 is 4.74 Å². The molecule has 24 heavy (non-hydrogen) atoms. The number of esters is 1. The monoisotopic (exact) mass is 351 g/mol. The van der Waals surface area contributed by atoms with Gasteiger partial charge in [-0.15, -0.1) is 0 Å². The second-order valence-electron chi connectivity index (χ2n) is 5.20. The number of hydrogen-bond donors (Lipinski definition) is 1. The molecule has 0 aliphatic rings. The lowest BCUT2D eigenvalue weighted by Gasteiger charge is -2.12. The maximum Gasteiger partial charge on any atom is 0.338 e. The topological polar surface area (TPSA) is 72.5 Å². The second kappa shape index (κ2) is 7.44. The van der Waals surface area contributed by atoms with E-state index in [9.17, 15) is 17.6 Å². The molecule has 0 amide bonds. The third kappa shape index (κ3) is 4.55. The van der Waals surface area contributed by atoms with Crippen molar-refractivity contribution in [2.24, 2.45) is 0 Å². The van der Waals surface area contributed by atoms with Crippen LogP contribution in [0.5, 0.6) is 0 Å². The highest BCUT2D eigenvalue weighted by molar-refractivity contribution is 7.91. The van der Waals surface area contributed by atoms with E-state index in [-0.39, 0.29) is 12.2 Å². The van der Waals surface area contributed by atoms with E-state index in [1.165, 1.54) is 30.3 Å². The summed E-state index contributed by atoms with van der Waals surface area (Å²) in [4.78, 5) is 11.7. The van der Waals surface area contributed by atoms with Crippen molar-refractivity contribution in [3.8, 4) is 0 Å². The Kier molecular flexibility index (Phi) is 5.56. The summed E-state index contributed by atoms with van der Waals surface area (Å²) in [5, 5.41) is 0. The second-order valence-corrected chi connectivity index (χ2v) is 6.93. The molecule has 0 heterocycles. The first kappa shape index (κ1) is 17.9. The average Bonchev–Trinajstić information content (AvgIpc) is 2.51. The van der Waals surface area contributed by atoms with E-state index in [2.05, 4.69) is 4.72 Å². The molecule has 0 spiro atoms. The van der Waals surface area contributed by atoms with Gasteiger partial charge in [0.05, 0.1) is 23.6 Å². The van der Waals surface area contributed by atoms with E-state index in [1.807, 2.05) is 0 Å². The van der Waals surface area contributed by atoms with Crippen LogP contribution >= 0.6 is 0 Å². The first-order chi connectivity index (χ1) is 11.3. The van der Waals surface area contributed by atoms with Crippen LogP contribution in [-0.4, -0.2) is 21.0 Å². The normalized spacial score (nSPS) is 11.1. The quantitative estimate of drug-likeness (QED) is 0.811. The van der Waals surface area contributed by atoms with Gasteiger partial charge in [-0.25, -0.2) is 17.6 Å². The summed E-state index contributed by atoms with van der Waals surface area (Å²) < 4.78 is 45.4. The molecule has 0 aliphatic carbocycles. The Labute approximate surface area is 140 Å². The van der Waals surface area contributed by atoms with Crippen LogP contribution in [0.2, 0.25) is 0 Å². The lowest BCUT2D eigenvalue weighted by Crippen LogP contribution is -2.17. The Morgan fingerprint density at radius 1 is 1.21 bits per heavy atom. The van der Waals surface area contributed by atoms with E-state index >= 15 is 0 Å². The van der Waals surface area contributed by atoms with E-state index < -0.39 is 27.6 Å². The van der Waals surface area contributed by atoms with Crippen LogP contribution in [0.3, 0.4) is 0 Å². The maximum atomic E-state index is 13.6. The number of sulfonamides is 1. The Morgan fingerprint density at radius 2 is 1.92 bits per heavy atom. The van der Waals surface area contributed by atoms with Crippen LogP contribution in [0.25, 0.3) is 0 Å². The first-order valence-electron chi connectivity index (χ1n) is 7.34. The van der Waals surface area contributed by atoms with Crippen LogP contribution in [0.1, 0.15) is 28.4 Å². The number of rotatable bonds is 6. The van der Waals surface area contributed by atoms with E-state index in [1.54, 1.807) is 26.0 Å². The first-order valence-corrected chi connectivity index (χ1v) is 8.99. The molecule has 0 aliphatic heterocycles. The highest BCUT2D eigenvalue weighted by Crippen LogP contribution is 2.20. The Bertz CT molecular complexity index is 849. The molecular formula is C17H18FNO4S. The highest BCUT2D eigenvalue weighted by Gasteiger charge is 2.16. The molecular weight excluding hydrogens is 333 g/mol. The minimum absolute atomic E-state index is 0.0887. The fourth-order valence-corrected chi connectivity index (χ4v) is 3.42. The SMILES string of the molecule is CCOC(=O)c1ccc(NS(=O)(=O)Cc2ccccc2F)c(C)c1. The lowest BCUT2D eigenvalue weighted by molar-refractivity contribution is 0.0526. The molecule has 7 heteroatoms. The van der Waals surface area contributed by atoms with Crippen molar-refractivity contribution in [1.29, 1.82) is 0 Å². The molecule has 0 saturated carbocycles. The maximum absolute atomic E-state index is 13.6. The highest BCUT2D eigenvalue weighted by atomic mass is 32.2. The molecule has 5 nitrogen and oxygen atoms in total. The number of nitrogens with one attached hydrogen (secondary N) is 1. The van der Waals surface area contributed by atoms with Crippen LogP contribution in [-0.2, 0) is 20.5 Å². The van der Waals surface area contributed by atoms with E-state index in [0.717, 1.165) is 0 Å². The zero-order valence-electron chi connectivity index (χ0n) is 13.4. The van der Waals surface area contributed by atoms with Crippen molar-refractivity contribution >= 4 is 21.7 Å². The van der Waals surface area contributed by atoms with Crippen molar-refractivity contribution in [3.05, 3.63) is 65.0 Å². The summed E-state index contributed by atoms with van der Waals surface area (Å²) in [5.41, 5.74) is 1.33. The summed E-state index contributed by atoms with van der Waals surface area (Å²) in [5.74, 6) is -1.52. The molecule has 0 bridgehead atoms. The largest absolute Gasteiger partial charge is 0.462 e. The molecule has 2 aromatic rings. The molecule has 0 aromatic heterocycles. The van der Waals surface area contributed by atoms with Crippen molar-refractivity contribution in [3.63, 3.8) is 0 Å². The zero-order chi connectivity index (χ0) is 17.7. The van der Waals surface area contributed by atoms with Gasteiger partial charge in [-0.3, -0.25) is 4.72 Å². The number of ether oxygens (including phenoxy) is 1. The number of halogens is 1. The van der Waals surface area contributed by atoms with Crippen molar-refractivity contribution in [2.45, 2.75) is 19.6 Å². The fourth-order valence-electron chi connectivity index (χ4n) is 2.14. The van der Waals surface area contributed by atoms with Gasteiger partial charge >= 0.3 is 5.97 Å². The molecule has 1 N–H and O–H groups in total. The number of hydrogen-bond acceptors (Lipinski definition) is 4. The van der Waals surface area contributed by atoms with Gasteiger partial charge in [0.25, 0.3) is 0 Å². The third-order valence-corrected chi connectivity index (χ3v) is 4.53. The molecule has 2 aromatic carbocycles. The number of benzene rings is 2. The minimum Gasteiger partial charge on any atom is -0.462 e. The molecule has 128 valence electrons. The summed E-state index contributed by atoms with van der Waals surface area (Å²) in [6.45, 7) is 3.63. The summed E-state index contributed by atoms with van der Waals surface area (Å²) in [6.07, 6.45) is 0. The molecule has 0 saturated heterocycles. The van der Waals surface area contributed by atoms with Gasteiger partial charge in [0, 0.05) is 5.56 Å². The van der Waals surface area contributed by atoms with Crippen LogP contribution in [0.4, 0.5) is 10.1 Å². The van der Waals surface area contributed by atoms with Gasteiger partial charge in [0.2, 0.25) is 10.0 Å². The fraction of sp³-hybridized carbons (Fsp3) is 0.235. The summed E-state index contributed by atoms with van der Waals surface area (Å²) in [7, 11) is -3.78. The van der Waals surface area contributed by atoms with Crippen molar-refractivity contribution < 1.29 is 22.3 Å². The van der Waals surface area contributed by atoms with Crippen LogP contribution in [0.15, 0.2) is 42.5 Å². The Morgan fingerprint density at radius 3 is 2.54 bits per heavy atom. The van der Waals surface area contributed by atoms with Gasteiger partial charge in [-0.2, -0.15) is 0 Å². The third-order valence-electron chi connectivity index (χ3n) is 3.31. The zero-order valence-corrected chi connectivity index (χ0v) is 14.2. The predicted molar refractivity (Wildman–Crippen MR) is 89.8 cm³/mol. The smallest absolute Gasteiger partial charge is 0.338 e. The lowest BCUT2D eigenvalue weighted by atomic mass is 10.1. The standard InChI is InChI=1S/C17H18FNO4S/c1-3-23-17(20)13-8-9-16(12(2)10-13)19-24(21,22)11-14-6-4-5-7-15(14)18/h4-10,19H,3,11H2,1-2H3. The van der Waals surface area contributed by atoms with Crippen LogP contribution < -0.4 is 4.72 Å². The number of aryl methyl sites for hydroxylation is 1. The van der Waals surface area contributed by atoms with Crippen molar-refractivity contribution in [2.75, 3.05) is 11.3 Å². The average molecular weight is 351 g/mol. The molecule has 0 atom stereocenters. The molecule has 2 rings (SSSR count). The predicted octanol–water partition coefficient (Wildman–Crippen LogP) is 3.25. The van der Waals surface area contributed by atoms with Gasteiger partial charge in [0.15, 0.2) is 0 Å². The Balaban J connectivity index is 2.18.